The van der Waals surface area contributed by atoms with E-state index in [1.165, 1.54) is 4.68 Å². The molecule has 0 aliphatic carbocycles. The number of hydrogen-bond donors (Lipinski definition) is 0. The Morgan fingerprint density at radius 1 is 1.24 bits per heavy atom. The summed E-state index contributed by atoms with van der Waals surface area (Å²) in [7, 11) is 0. The Labute approximate surface area is 109 Å². The molecule has 0 spiro atoms. The van der Waals surface area contributed by atoms with Crippen LogP contribution in [-0.2, 0) is 6.54 Å². The first-order valence-corrected chi connectivity index (χ1v) is 5.80. The molecule has 0 radical (unpaired) electrons. The first-order valence-electron chi connectivity index (χ1n) is 5.05. The normalized spacial score (nSPS) is 10.5. The molecule has 2 aromatic rings. The zero-order valence-corrected chi connectivity index (χ0v) is 10.7. The number of halogens is 2. The van der Waals surface area contributed by atoms with Crippen molar-refractivity contribution in [3.8, 4) is 0 Å². The van der Waals surface area contributed by atoms with Gasteiger partial charge >= 0.3 is 0 Å². The van der Waals surface area contributed by atoms with Gasteiger partial charge in [-0.25, -0.2) is 4.68 Å². The maximum atomic E-state index is 11.8. The number of nitrogens with zero attached hydrogens (tertiary/aromatic N) is 2. The lowest BCUT2D eigenvalue weighted by Crippen LogP contribution is -2.25. The molecule has 3 nitrogen and oxygen atoms in total. The molecule has 0 saturated heterocycles. The van der Waals surface area contributed by atoms with Crippen molar-refractivity contribution in [3.05, 3.63) is 62.0 Å². The van der Waals surface area contributed by atoms with Gasteiger partial charge in [0.2, 0.25) is 0 Å². The number of rotatable bonds is 2. The van der Waals surface area contributed by atoms with Crippen LogP contribution in [0.3, 0.4) is 0 Å². The van der Waals surface area contributed by atoms with E-state index in [1.807, 2.05) is 12.1 Å². The SMILES string of the molecule is Cc1cc(Cl)nn(Cc2ccc(Cl)cc2)c1=O. The van der Waals surface area contributed by atoms with Gasteiger partial charge in [0, 0.05) is 10.6 Å². The molecule has 17 heavy (non-hydrogen) atoms. The Morgan fingerprint density at radius 2 is 1.88 bits per heavy atom. The van der Waals surface area contributed by atoms with E-state index in [9.17, 15) is 4.79 Å². The zero-order chi connectivity index (χ0) is 12.4. The van der Waals surface area contributed by atoms with Gasteiger partial charge in [-0.3, -0.25) is 4.79 Å². The third-order valence-electron chi connectivity index (χ3n) is 2.37. The predicted octanol–water partition coefficient (Wildman–Crippen LogP) is 2.91. The van der Waals surface area contributed by atoms with Crippen molar-refractivity contribution in [1.29, 1.82) is 0 Å². The van der Waals surface area contributed by atoms with E-state index in [0.29, 0.717) is 22.3 Å². The first-order chi connectivity index (χ1) is 8.06. The molecule has 5 heteroatoms. The Hall–Kier alpha value is -1.32. The van der Waals surface area contributed by atoms with E-state index < -0.39 is 0 Å². The fraction of sp³-hybridized carbons (Fsp3) is 0.167. The van der Waals surface area contributed by atoms with Gasteiger partial charge < -0.3 is 0 Å². The Morgan fingerprint density at radius 3 is 2.53 bits per heavy atom. The van der Waals surface area contributed by atoms with E-state index >= 15 is 0 Å². The monoisotopic (exact) mass is 268 g/mol. The van der Waals surface area contributed by atoms with Crippen molar-refractivity contribution in [1.82, 2.24) is 9.78 Å². The average Bonchev–Trinajstić information content (AvgIpc) is 2.28. The molecule has 0 fully saturated rings. The van der Waals surface area contributed by atoms with E-state index in [-0.39, 0.29) is 5.56 Å². The summed E-state index contributed by atoms with van der Waals surface area (Å²) in [6.07, 6.45) is 0. The summed E-state index contributed by atoms with van der Waals surface area (Å²) in [4.78, 5) is 11.8. The van der Waals surface area contributed by atoms with E-state index in [0.717, 1.165) is 5.56 Å². The fourth-order valence-corrected chi connectivity index (χ4v) is 1.88. The molecule has 1 aromatic carbocycles. The zero-order valence-electron chi connectivity index (χ0n) is 9.15. The molecule has 0 unspecified atom stereocenters. The van der Waals surface area contributed by atoms with Gasteiger partial charge in [0.05, 0.1) is 6.54 Å². The summed E-state index contributed by atoms with van der Waals surface area (Å²) >= 11 is 11.6. The summed E-state index contributed by atoms with van der Waals surface area (Å²) in [5.74, 6) is 0. The maximum absolute atomic E-state index is 11.8. The minimum Gasteiger partial charge on any atom is -0.268 e. The fourth-order valence-electron chi connectivity index (χ4n) is 1.50. The van der Waals surface area contributed by atoms with Gasteiger partial charge in [-0.05, 0) is 30.7 Å². The van der Waals surface area contributed by atoms with Crippen LogP contribution in [0.25, 0.3) is 0 Å². The highest BCUT2D eigenvalue weighted by atomic mass is 35.5. The average molecular weight is 269 g/mol. The van der Waals surface area contributed by atoms with Gasteiger partial charge in [-0.1, -0.05) is 35.3 Å². The maximum Gasteiger partial charge on any atom is 0.270 e. The molecule has 0 saturated carbocycles. The summed E-state index contributed by atoms with van der Waals surface area (Å²) in [6, 6.07) is 8.82. The second kappa shape index (κ2) is 4.90. The molecule has 88 valence electrons. The Kier molecular flexibility index (Phi) is 3.50. The lowest BCUT2D eigenvalue weighted by Gasteiger charge is -2.06. The van der Waals surface area contributed by atoms with Crippen LogP contribution in [0.2, 0.25) is 10.2 Å². The van der Waals surface area contributed by atoms with Crippen LogP contribution < -0.4 is 5.56 Å². The van der Waals surface area contributed by atoms with E-state index in [1.54, 1.807) is 25.1 Å². The second-order valence-electron chi connectivity index (χ2n) is 3.74. The molecule has 2 rings (SSSR count). The van der Waals surface area contributed by atoms with E-state index in [2.05, 4.69) is 5.10 Å². The first kappa shape index (κ1) is 12.1. The Bertz CT molecular complexity index is 590. The number of hydrogen-bond acceptors (Lipinski definition) is 2. The third-order valence-corrected chi connectivity index (χ3v) is 2.81. The molecule has 0 bridgehead atoms. The van der Waals surface area contributed by atoms with Crippen LogP contribution in [0.1, 0.15) is 11.1 Å². The summed E-state index contributed by atoms with van der Waals surface area (Å²) in [5, 5.41) is 4.97. The highest BCUT2D eigenvalue weighted by Crippen LogP contribution is 2.10. The van der Waals surface area contributed by atoms with Crippen LogP contribution in [0.15, 0.2) is 35.1 Å². The summed E-state index contributed by atoms with van der Waals surface area (Å²) < 4.78 is 1.35. The molecular formula is C12H10Cl2N2O. The van der Waals surface area contributed by atoms with E-state index in [4.69, 9.17) is 23.2 Å². The molecule has 0 amide bonds. The third kappa shape index (κ3) is 2.87. The minimum absolute atomic E-state index is 0.135. The molecule has 0 atom stereocenters. The van der Waals surface area contributed by atoms with Gasteiger partial charge in [0.1, 0.15) is 5.15 Å². The van der Waals surface area contributed by atoms with Crippen LogP contribution in [0.5, 0.6) is 0 Å². The Balaban J connectivity index is 2.36. The molecule has 0 aliphatic heterocycles. The molecule has 1 aromatic heterocycles. The van der Waals surface area contributed by atoms with Gasteiger partial charge in [-0.15, -0.1) is 0 Å². The van der Waals surface area contributed by atoms with Crippen LogP contribution in [0.4, 0.5) is 0 Å². The lowest BCUT2D eigenvalue weighted by atomic mass is 10.2. The summed E-state index contributed by atoms with van der Waals surface area (Å²) in [5.41, 5.74) is 1.40. The standard InChI is InChI=1S/C12H10Cl2N2O/c1-8-6-11(14)15-16(12(8)17)7-9-2-4-10(13)5-3-9/h2-6H,7H2,1H3. The topological polar surface area (TPSA) is 34.9 Å². The lowest BCUT2D eigenvalue weighted by molar-refractivity contribution is 0.634. The van der Waals surface area contributed by atoms with Crippen molar-refractivity contribution in [2.45, 2.75) is 13.5 Å². The van der Waals surface area contributed by atoms with Crippen LogP contribution in [0, 0.1) is 6.92 Å². The van der Waals surface area contributed by atoms with Crippen LogP contribution >= 0.6 is 23.2 Å². The van der Waals surface area contributed by atoms with Crippen molar-refractivity contribution in [3.63, 3.8) is 0 Å². The van der Waals surface area contributed by atoms with Crippen LogP contribution in [-0.4, -0.2) is 9.78 Å². The highest BCUT2D eigenvalue weighted by molar-refractivity contribution is 6.30. The van der Waals surface area contributed by atoms with Gasteiger partial charge in [0.15, 0.2) is 0 Å². The largest absolute Gasteiger partial charge is 0.270 e. The van der Waals surface area contributed by atoms with Crippen molar-refractivity contribution < 1.29 is 0 Å². The summed E-state index contributed by atoms with van der Waals surface area (Å²) in [6.45, 7) is 2.10. The predicted molar refractivity (Wildman–Crippen MR) is 68.8 cm³/mol. The second-order valence-corrected chi connectivity index (χ2v) is 4.56. The van der Waals surface area contributed by atoms with Crippen molar-refractivity contribution in [2.75, 3.05) is 0 Å². The quantitative estimate of drug-likeness (QED) is 0.840. The number of aryl methyl sites for hydroxylation is 1. The molecule has 0 aliphatic rings. The molecular weight excluding hydrogens is 259 g/mol. The smallest absolute Gasteiger partial charge is 0.268 e. The van der Waals surface area contributed by atoms with Crippen molar-refractivity contribution >= 4 is 23.2 Å². The van der Waals surface area contributed by atoms with Gasteiger partial charge in [-0.2, -0.15) is 5.10 Å². The van der Waals surface area contributed by atoms with Gasteiger partial charge in [0.25, 0.3) is 5.56 Å². The highest BCUT2D eigenvalue weighted by Gasteiger charge is 2.04. The molecule has 0 N–H and O–H groups in total. The minimum atomic E-state index is -0.135. The number of aromatic nitrogens is 2. The molecule has 1 heterocycles. The van der Waals surface area contributed by atoms with Crippen molar-refractivity contribution in [2.24, 2.45) is 0 Å². The number of benzene rings is 1.